The second kappa shape index (κ2) is 35.2. The lowest BCUT2D eigenvalue weighted by molar-refractivity contribution is 0.398. The first-order chi connectivity index (χ1) is 69.8. The summed E-state index contributed by atoms with van der Waals surface area (Å²) in [5.41, 5.74) is 36.4. The molecule has 0 N–H and O–H groups in total. The van der Waals surface area contributed by atoms with Crippen molar-refractivity contribution in [3.8, 4) is 28.1 Å². The minimum Gasteiger partial charge on any atom is -0.481 e. The molecule has 15 heteroatoms. The summed E-state index contributed by atoms with van der Waals surface area (Å²) in [5, 5.41) is 4.94. The van der Waals surface area contributed by atoms with Gasteiger partial charge in [-0.2, -0.15) is 4.98 Å². The van der Waals surface area contributed by atoms with Gasteiger partial charge in [-0.25, -0.2) is 15.0 Å². The number of benzene rings is 17. The van der Waals surface area contributed by atoms with Crippen LogP contribution in [0.15, 0.2) is 467 Å². The normalized spacial score (nSPS) is 13.0. The molecule has 0 radical (unpaired) electrons. The van der Waals surface area contributed by atoms with Gasteiger partial charge in [-0.05, 0) is 267 Å². The summed E-state index contributed by atoms with van der Waals surface area (Å²) < 4.78 is 5.56. The molecule has 0 saturated heterocycles. The van der Waals surface area contributed by atoms with Crippen molar-refractivity contribution in [2.24, 2.45) is 0 Å². The monoisotopic (exact) mass is 1830 g/mol. The Kier molecular flexibility index (Phi) is 21.3. The molecule has 10 heterocycles. The van der Waals surface area contributed by atoms with Gasteiger partial charge >= 0.3 is 0 Å². The summed E-state index contributed by atoms with van der Waals surface area (Å²) in [7, 11) is 1.67. The van der Waals surface area contributed by atoms with Crippen molar-refractivity contribution >= 4 is 211 Å². The molecule has 0 spiro atoms. The number of anilines is 21. The molecular weight excluding hydrogens is 1730 g/mol. The Bertz CT molecular complexity index is 8430. The number of pyridine rings is 4. The van der Waals surface area contributed by atoms with Crippen LogP contribution in [0.25, 0.3) is 43.8 Å². The second-order valence-corrected chi connectivity index (χ2v) is 39.1. The van der Waals surface area contributed by atoms with E-state index in [2.05, 4.69) is 519 Å². The van der Waals surface area contributed by atoms with E-state index < -0.39 is 0 Å². The van der Waals surface area contributed by atoms with Crippen molar-refractivity contribution < 1.29 is 4.74 Å². The van der Waals surface area contributed by atoms with Crippen LogP contribution in [0.3, 0.4) is 0 Å². The zero-order valence-electron chi connectivity index (χ0n) is 80.0. The highest BCUT2D eigenvalue weighted by molar-refractivity contribution is 7.02. The van der Waals surface area contributed by atoms with Crippen LogP contribution in [-0.2, 0) is 10.8 Å². The van der Waals surface area contributed by atoms with Gasteiger partial charge in [0.1, 0.15) is 29.1 Å². The van der Waals surface area contributed by atoms with E-state index in [1.807, 2.05) is 24.5 Å². The van der Waals surface area contributed by atoms with E-state index in [1.54, 1.807) is 7.11 Å². The molecule has 17 aromatic carbocycles. The highest BCUT2D eigenvalue weighted by atomic mass is 16.5. The van der Waals surface area contributed by atoms with E-state index >= 15 is 0 Å². The summed E-state index contributed by atoms with van der Waals surface area (Å²) in [4.78, 5) is 37.6. The molecule has 0 amide bonds. The first kappa shape index (κ1) is 86.1. The number of nitrogens with zero attached hydrogens (tertiary/aromatic N) is 11. The Morgan fingerprint density at radius 3 is 1.14 bits per heavy atom. The molecule has 12 nitrogen and oxygen atoms in total. The third-order valence-electron chi connectivity index (χ3n) is 28.9. The molecule has 676 valence electrons. The van der Waals surface area contributed by atoms with Gasteiger partial charge in [-0.15, -0.1) is 0 Å². The van der Waals surface area contributed by atoms with Crippen molar-refractivity contribution in [1.29, 1.82) is 0 Å². The second-order valence-electron chi connectivity index (χ2n) is 39.1. The first-order valence-electron chi connectivity index (χ1n) is 49.0. The number of hydrogen-bond acceptors (Lipinski definition) is 12. The minimum absolute atomic E-state index is 0.00227. The third-order valence-corrected chi connectivity index (χ3v) is 28.9. The Morgan fingerprint density at radius 1 is 0.254 bits per heavy atom. The summed E-state index contributed by atoms with van der Waals surface area (Å²) >= 11 is 0. The Labute approximate surface area is 830 Å². The van der Waals surface area contributed by atoms with Crippen molar-refractivity contribution in [2.75, 3.05) is 41.4 Å². The zero-order chi connectivity index (χ0) is 95.4. The maximum absolute atomic E-state index is 5.86. The highest BCUT2D eigenvalue weighted by Crippen LogP contribution is 2.52. The summed E-state index contributed by atoms with van der Waals surface area (Å²) in [5.74, 6) is 5.07. The van der Waals surface area contributed by atoms with E-state index in [0.717, 1.165) is 103 Å². The van der Waals surface area contributed by atoms with Gasteiger partial charge in [0.2, 0.25) is 5.88 Å². The van der Waals surface area contributed by atoms with Gasteiger partial charge in [-0.3, -0.25) is 19.6 Å². The quantitative estimate of drug-likeness (QED) is 0.109. The van der Waals surface area contributed by atoms with Gasteiger partial charge in [0.25, 0.3) is 20.1 Å². The predicted molar refractivity (Wildman–Crippen MR) is 597 cm³/mol. The number of fused-ring (bicyclic) bond motifs is 14. The van der Waals surface area contributed by atoms with Crippen LogP contribution < -0.4 is 88.2 Å². The summed E-state index contributed by atoms with van der Waals surface area (Å²) in [6.45, 7) is 13.7. The van der Waals surface area contributed by atoms with Crippen LogP contribution >= 0.6 is 0 Å². The van der Waals surface area contributed by atoms with E-state index in [9.17, 15) is 0 Å². The highest BCUT2D eigenvalue weighted by Gasteiger charge is 2.49. The minimum atomic E-state index is -0.0943. The Balaban J connectivity index is 0.000000118. The predicted octanol–water partition coefficient (Wildman–Crippen LogP) is 26.6. The fraction of sp³-hybridized carbons (Fsp3) is 0.0709. The first-order valence-corrected chi connectivity index (χ1v) is 49.0. The molecule has 21 aromatic rings. The van der Waals surface area contributed by atoms with Crippen molar-refractivity contribution in [1.82, 2.24) is 19.9 Å². The molecular formula is C127H98B3N11O. The molecule has 6 aliphatic heterocycles. The lowest BCUT2D eigenvalue weighted by Gasteiger charge is -2.43. The number of rotatable bonds is 12. The maximum Gasteiger partial charge on any atom is 0.256 e. The van der Waals surface area contributed by atoms with E-state index in [4.69, 9.17) is 24.7 Å². The average Bonchev–Trinajstić information content (AvgIpc) is 0.703. The fourth-order valence-electron chi connectivity index (χ4n) is 22.4. The van der Waals surface area contributed by atoms with Crippen LogP contribution in [0.4, 0.5) is 120 Å². The van der Waals surface area contributed by atoms with Crippen molar-refractivity contribution in [3.05, 3.63) is 478 Å². The number of para-hydroxylation sites is 9. The topological polar surface area (TPSA) is 83.5 Å². The molecule has 4 aromatic heterocycles. The van der Waals surface area contributed by atoms with Crippen LogP contribution in [0.5, 0.6) is 5.88 Å². The molecule has 0 atom stereocenters. The van der Waals surface area contributed by atoms with Crippen LogP contribution in [0.1, 0.15) is 52.7 Å². The van der Waals surface area contributed by atoms with Gasteiger partial charge < -0.3 is 19.4 Å². The van der Waals surface area contributed by atoms with Crippen LogP contribution in [-0.4, -0.2) is 47.2 Å². The molecule has 0 aliphatic carbocycles. The van der Waals surface area contributed by atoms with Crippen molar-refractivity contribution in [3.63, 3.8) is 0 Å². The maximum atomic E-state index is 5.86. The SMILES string of the molecule is CC(C)(C)c1ccc(N(c2ccc3c(n2)N(c2ccccc2)c2nccc4c2B3c2ccccc2N4c2ccccc2)c2ccc(C(C)(C)C)cc2-c2cccc3ccccc23)cc1.COc1ccc2c(n1)N(c1ccccc1)c1cccc3c1B2c1ccccc1N3c1ccccc1.c1ccc(N2c3cc(-c4cccc5ccccc45)ccc3B3c4ccccc4N(c4ccccc4)c4nccc2c43)cc1. The molecule has 0 bridgehead atoms. The van der Waals surface area contributed by atoms with E-state index in [1.165, 1.54) is 122 Å². The lowest BCUT2D eigenvalue weighted by atomic mass is 9.33. The number of aromatic nitrogens is 4. The van der Waals surface area contributed by atoms with Gasteiger partial charge in [0.15, 0.2) is 0 Å². The number of methoxy groups -OCH3 is 1. The van der Waals surface area contributed by atoms with E-state index in [-0.39, 0.29) is 31.0 Å². The Hall–Kier alpha value is -17.5. The van der Waals surface area contributed by atoms with Crippen molar-refractivity contribution in [2.45, 2.75) is 52.4 Å². The van der Waals surface area contributed by atoms with Crippen LogP contribution in [0.2, 0.25) is 0 Å². The summed E-state index contributed by atoms with van der Waals surface area (Å²) in [6, 6.07) is 163. The molecule has 0 saturated carbocycles. The molecule has 27 rings (SSSR count). The zero-order valence-corrected chi connectivity index (χ0v) is 80.0. The third kappa shape index (κ3) is 14.6. The average molecular weight is 1830 g/mol. The fourth-order valence-corrected chi connectivity index (χ4v) is 22.4. The molecule has 142 heavy (non-hydrogen) atoms. The van der Waals surface area contributed by atoms with E-state index in [0.29, 0.717) is 5.88 Å². The molecule has 0 unspecified atom stereocenters. The molecule has 6 aliphatic rings. The van der Waals surface area contributed by atoms with Gasteiger partial charge in [-0.1, -0.05) is 339 Å². The Morgan fingerprint density at radius 2 is 0.620 bits per heavy atom. The van der Waals surface area contributed by atoms with Gasteiger partial charge in [0, 0.05) is 103 Å². The standard InChI is InChI=1S/C58H50BN5.C39H26BN3.C30H22BN3O/c1-57(2,3)40-28-31-44(32-29-40)63(50-34-30-41(58(4,5)6)38-47(50)46-25-17-19-39-18-13-14-24-45(39)46)53-35-33-49-55(61-53)64(43-22-11-8-12-23-43)56-54-52(36-37-60-56)62(42-20-9-7-10-21-42)51-27-16-15-26-48(51)59(49)54;1-3-14-29(15-4-1)42-36-24-25-41-39-38(36)40(33-20-9-10-21-35(33)43(39)30-16-5-2-6-17-30)34-23-22-28(26-37(34)42)32-19-11-13-27-12-7-8-18-31(27)32;1-35-28-20-19-24-30(32-28)34(22-13-6-3-7-14-22)27-18-10-17-26-29(27)31(24)23-15-8-9-16-25(23)33(26)21-11-4-2-5-12-21/h7-38H,1-6H3;1-26H;2-20H,1H3. The van der Waals surface area contributed by atoms with Crippen LogP contribution in [0, 0.1) is 0 Å². The summed E-state index contributed by atoms with van der Waals surface area (Å²) in [6.07, 6.45) is 3.92. The lowest BCUT2D eigenvalue weighted by Crippen LogP contribution is -2.61. The molecule has 0 fully saturated rings. The smallest absolute Gasteiger partial charge is 0.256 e. The van der Waals surface area contributed by atoms with Gasteiger partial charge in [0.05, 0.1) is 12.8 Å². The number of hydrogen-bond donors (Lipinski definition) is 0. The number of ether oxygens (including phenoxy) is 1. The largest absolute Gasteiger partial charge is 0.481 e.